The van der Waals surface area contributed by atoms with E-state index in [1.54, 1.807) is 16.7 Å². The lowest BCUT2D eigenvalue weighted by molar-refractivity contribution is -0.00452. The van der Waals surface area contributed by atoms with Crippen molar-refractivity contribution in [2.45, 2.75) is 83.2 Å². The number of unbranched alkanes of at least 4 members (excludes halogenated alkanes) is 1. The number of fused-ring (bicyclic) bond motifs is 4. The van der Waals surface area contributed by atoms with Crippen LogP contribution in [0.5, 0.6) is 0 Å². The number of hydrogen-bond donors (Lipinski definition) is 2. The number of rotatable bonds is 4. The van der Waals surface area contributed by atoms with E-state index in [2.05, 4.69) is 6.08 Å². The van der Waals surface area contributed by atoms with Crippen LogP contribution in [0.3, 0.4) is 0 Å². The Labute approximate surface area is 140 Å². The largest absolute Gasteiger partial charge is 0.396 e. The van der Waals surface area contributed by atoms with Gasteiger partial charge in [0.15, 0.2) is 0 Å². The lowest BCUT2D eigenvalue weighted by Crippen LogP contribution is -2.43. The van der Waals surface area contributed by atoms with Crippen molar-refractivity contribution >= 4 is 0 Å². The van der Waals surface area contributed by atoms with Gasteiger partial charge in [-0.05, 0) is 93.6 Å². The summed E-state index contributed by atoms with van der Waals surface area (Å²) >= 11 is 0. The molecule has 4 atom stereocenters. The summed E-state index contributed by atoms with van der Waals surface area (Å²) in [5, 5.41) is 19.9. The molecule has 1 fully saturated rings. The molecular weight excluding hydrogens is 284 g/mol. The summed E-state index contributed by atoms with van der Waals surface area (Å²) in [7, 11) is 0. The molecule has 0 spiro atoms. The zero-order chi connectivity index (χ0) is 15.9. The Morgan fingerprint density at radius 2 is 1.91 bits per heavy atom. The van der Waals surface area contributed by atoms with E-state index in [-0.39, 0.29) is 18.1 Å². The van der Waals surface area contributed by atoms with Crippen molar-refractivity contribution in [3.63, 3.8) is 0 Å². The molecule has 2 nitrogen and oxygen atoms in total. The van der Waals surface area contributed by atoms with Crippen molar-refractivity contribution < 1.29 is 10.2 Å². The molecule has 4 rings (SSSR count). The summed E-state index contributed by atoms with van der Waals surface area (Å²) in [5.74, 6) is 1.40. The van der Waals surface area contributed by atoms with Gasteiger partial charge in [-0.2, -0.15) is 0 Å². The van der Waals surface area contributed by atoms with Crippen molar-refractivity contribution in [2.75, 3.05) is 6.61 Å². The molecule has 128 valence electrons. The summed E-state index contributed by atoms with van der Waals surface area (Å²) in [6.45, 7) is 0.289. The van der Waals surface area contributed by atoms with Crippen LogP contribution in [0.25, 0.3) is 0 Å². The minimum Gasteiger partial charge on any atom is -0.396 e. The van der Waals surface area contributed by atoms with E-state index >= 15 is 0 Å². The summed E-state index contributed by atoms with van der Waals surface area (Å²) in [4.78, 5) is 0. The Morgan fingerprint density at radius 1 is 1.04 bits per heavy atom. The van der Waals surface area contributed by atoms with Gasteiger partial charge in [-0.25, -0.2) is 0 Å². The molecular formula is C21H32O2. The van der Waals surface area contributed by atoms with Crippen LogP contribution in [0.2, 0.25) is 0 Å². The van der Waals surface area contributed by atoms with Gasteiger partial charge in [0.2, 0.25) is 0 Å². The quantitative estimate of drug-likeness (QED) is 0.749. The standard InChI is InChI=1S/C21H32O2/c22-14-4-3-12-21-13-11-17-16-6-2-1-5-15(16)7-8-18(17)19(21)9-10-20(21)23/h11,18-20,22-23H,1-10,12-14H2/t18-,19+,20+,21+/m1/s1. The fourth-order valence-electron chi connectivity index (χ4n) is 6.36. The molecule has 0 aromatic heterocycles. The van der Waals surface area contributed by atoms with E-state index < -0.39 is 0 Å². The Balaban J connectivity index is 1.63. The van der Waals surface area contributed by atoms with Crippen LogP contribution in [-0.2, 0) is 0 Å². The van der Waals surface area contributed by atoms with Gasteiger partial charge in [-0.1, -0.05) is 18.1 Å². The molecule has 4 aliphatic rings. The maximum atomic E-state index is 10.8. The Hall–Kier alpha value is -0.600. The number of hydrogen-bond acceptors (Lipinski definition) is 2. The highest BCUT2D eigenvalue weighted by atomic mass is 16.3. The average Bonchev–Trinajstić information content (AvgIpc) is 2.92. The van der Waals surface area contributed by atoms with Gasteiger partial charge in [0.25, 0.3) is 0 Å². The molecule has 0 saturated heterocycles. The molecule has 0 aromatic carbocycles. The smallest absolute Gasteiger partial charge is 0.0602 e. The topological polar surface area (TPSA) is 40.5 Å². The Bertz CT molecular complexity index is 518. The van der Waals surface area contributed by atoms with E-state index in [0.29, 0.717) is 11.8 Å². The molecule has 0 aliphatic heterocycles. The number of allylic oxidation sites excluding steroid dienone is 4. The van der Waals surface area contributed by atoms with Crippen LogP contribution in [0.4, 0.5) is 0 Å². The zero-order valence-electron chi connectivity index (χ0n) is 14.4. The lowest BCUT2D eigenvalue weighted by Gasteiger charge is -2.48. The summed E-state index contributed by atoms with van der Waals surface area (Å²) in [5.41, 5.74) is 5.32. The number of aliphatic hydroxyl groups is 2. The second-order valence-electron chi connectivity index (χ2n) is 8.41. The Morgan fingerprint density at radius 3 is 2.78 bits per heavy atom. The molecule has 0 unspecified atom stereocenters. The highest BCUT2D eigenvalue weighted by Crippen LogP contribution is 2.60. The van der Waals surface area contributed by atoms with Gasteiger partial charge in [0.1, 0.15) is 0 Å². The van der Waals surface area contributed by atoms with Crippen molar-refractivity contribution in [1.29, 1.82) is 0 Å². The molecule has 4 aliphatic carbocycles. The molecule has 2 heteroatoms. The average molecular weight is 316 g/mol. The second kappa shape index (κ2) is 6.37. The summed E-state index contributed by atoms with van der Waals surface area (Å²) in [6, 6.07) is 0. The SMILES string of the molecule is OCCCC[C@]12CC=C3C4=C(CCCC4)CC[C@H]3[C@@H]1CC[C@@H]2O. The van der Waals surface area contributed by atoms with Crippen molar-refractivity contribution in [3.8, 4) is 0 Å². The first-order valence-electron chi connectivity index (χ1n) is 9.96. The van der Waals surface area contributed by atoms with Gasteiger partial charge in [0.05, 0.1) is 6.10 Å². The maximum absolute atomic E-state index is 10.8. The van der Waals surface area contributed by atoms with Crippen LogP contribution < -0.4 is 0 Å². The molecule has 2 N–H and O–H groups in total. The highest BCUT2D eigenvalue weighted by molar-refractivity contribution is 5.43. The van der Waals surface area contributed by atoms with E-state index in [1.165, 1.54) is 44.9 Å². The normalized spacial score (nSPS) is 39.6. The van der Waals surface area contributed by atoms with E-state index in [9.17, 15) is 5.11 Å². The molecule has 0 radical (unpaired) electrons. The molecule has 0 amide bonds. The van der Waals surface area contributed by atoms with E-state index in [4.69, 9.17) is 5.11 Å². The van der Waals surface area contributed by atoms with E-state index in [0.717, 1.165) is 32.1 Å². The zero-order valence-corrected chi connectivity index (χ0v) is 14.4. The first-order chi connectivity index (χ1) is 11.3. The Kier molecular flexibility index (Phi) is 4.40. The van der Waals surface area contributed by atoms with Gasteiger partial charge < -0.3 is 10.2 Å². The van der Waals surface area contributed by atoms with Crippen LogP contribution >= 0.6 is 0 Å². The third-order valence-electron chi connectivity index (χ3n) is 7.48. The molecule has 0 bridgehead atoms. The predicted octanol–water partition coefficient (Wildman–Crippen LogP) is 4.52. The fourth-order valence-corrected chi connectivity index (χ4v) is 6.36. The molecule has 0 aromatic rings. The van der Waals surface area contributed by atoms with Crippen molar-refractivity contribution in [1.82, 2.24) is 0 Å². The minimum atomic E-state index is -0.120. The van der Waals surface area contributed by atoms with Crippen LogP contribution in [0.15, 0.2) is 22.8 Å². The third kappa shape index (κ3) is 2.53. The van der Waals surface area contributed by atoms with E-state index in [1.807, 2.05) is 0 Å². The molecule has 23 heavy (non-hydrogen) atoms. The number of aliphatic hydroxyl groups excluding tert-OH is 2. The van der Waals surface area contributed by atoms with Gasteiger partial charge in [-0.15, -0.1) is 0 Å². The minimum absolute atomic E-state index is 0.120. The second-order valence-corrected chi connectivity index (χ2v) is 8.41. The van der Waals surface area contributed by atoms with Crippen LogP contribution in [0, 0.1) is 17.3 Å². The molecule has 1 saturated carbocycles. The molecule has 0 heterocycles. The third-order valence-corrected chi connectivity index (χ3v) is 7.48. The summed E-state index contributed by atoms with van der Waals surface area (Å²) < 4.78 is 0. The first kappa shape index (κ1) is 15.9. The highest BCUT2D eigenvalue weighted by Gasteiger charge is 2.54. The monoisotopic (exact) mass is 316 g/mol. The van der Waals surface area contributed by atoms with Crippen LogP contribution in [0.1, 0.15) is 77.0 Å². The fraction of sp³-hybridized carbons (Fsp3) is 0.810. The van der Waals surface area contributed by atoms with Crippen molar-refractivity contribution in [3.05, 3.63) is 22.8 Å². The van der Waals surface area contributed by atoms with Gasteiger partial charge >= 0.3 is 0 Å². The van der Waals surface area contributed by atoms with Crippen molar-refractivity contribution in [2.24, 2.45) is 17.3 Å². The lowest BCUT2D eigenvalue weighted by atomic mass is 9.56. The summed E-state index contributed by atoms with van der Waals surface area (Å²) in [6.07, 6.45) is 16.8. The van der Waals surface area contributed by atoms with Gasteiger partial charge in [-0.3, -0.25) is 0 Å². The first-order valence-corrected chi connectivity index (χ1v) is 9.96. The van der Waals surface area contributed by atoms with Crippen LogP contribution in [-0.4, -0.2) is 22.9 Å². The van der Waals surface area contributed by atoms with Gasteiger partial charge in [0, 0.05) is 12.0 Å². The predicted molar refractivity (Wildman–Crippen MR) is 93.0 cm³/mol. The maximum Gasteiger partial charge on any atom is 0.0602 e.